The van der Waals surface area contributed by atoms with Gasteiger partial charge in [0.2, 0.25) is 17.0 Å². The molecule has 6 nitrogen and oxygen atoms in total. The Kier molecular flexibility index (Phi) is 5.01. The first-order valence-electron chi connectivity index (χ1n) is 9.36. The quantitative estimate of drug-likeness (QED) is 0.786. The van der Waals surface area contributed by atoms with Crippen molar-refractivity contribution in [1.29, 1.82) is 10.5 Å². The van der Waals surface area contributed by atoms with Crippen molar-refractivity contribution in [2.24, 2.45) is 5.92 Å². The lowest BCUT2D eigenvalue weighted by Crippen LogP contribution is -2.27. The van der Waals surface area contributed by atoms with Crippen LogP contribution in [0.4, 0.5) is 13.9 Å². The first-order chi connectivity index (χ1) is 13.9. The van der Waals surface area contributed by atoms with Crippen LogP contribution in [0.25, 0.3) is 0 Å². The minimum absolute atomic E-state index is 0.125. The number of carbonyl (C=O) groups is 1. The van der Waals surface area contributed by atoms with Crippen molar-refractivity contribution in [3.63, 3.8) is 0 Å². The van der Waals surface area contributed by atoms with Crippen LogP contribution in [0, 0.1) is 28.6 Å². The molecule has 4 rings (SSSR count). The Bertz CT molecular complexity index is 1030. The molecule has 1 heterocycles. The van der Waals surface area contributed by atoms with Crippen LogP contribution in [0.5, 0.6) is 0 Å². The van der Waals surface area contributed by atoms with Gasteiger partial charge < -0.3 is 0 Å². The maximum absolute atomic E-state index is 13.9. The number of carbonyl (C=O) groups excluding carboxylic acids is 1. The zero-order valence-corrected chi connectivity index (χ0v) is 16.2. The summed E-state index contributed by atoms with van der Waals surface area (Å²) in [5.41, 5.74) is 0.762. The van der Waals surface area contributed by atoms with Crippen molar-refractivity contribution in [2.45, 2.75) is 49.9 Å². The number of benzene rings is 1. The van der Waals surface area contributed by atoms with E-state index in [2.05, 4.69) is 15.5 Å². The van der Waals surface area contributed by atoms with Gasteiger partial charge in [0.05, 0.1) is 17.0 Å². The maximum Gasteiger partial charge on any atom is 0.248 e. The molecule has 0 aliphatic heterocycles. The number of hydrogen-bond acceptors (Lipinski definition) is 6. The van der Waals surface area contributed by atoms with E-state index in [9.17, 15) is 18.8 Å². The summed E-state index contributed by atoms with van der Waals surface area (Å²) in [6, 6.07) is 8.34. The number of nitrogens with zero attached hydrogens (tertiary/aromatic N) is 4. The number of halogens is 2. The fourth-order valence-electron chi connectivity index (χ4n) is 3.82. The molecule has 1 N–H and O–H groups in total. The van der Waals surface area contributed by atoms with Crippen LogP contribution < -0.4 is 5.32 Å². The van der Waals surface area contributed by atoms with Crippen LogP contribution in [-0.2, 0) is 4.79 Å². The number of rotatable bonds is 5. The molecule has 2 atom stereocenters. The lowest BCUT2D eigenvalue weighted by molar-refractivity contribution is -0.118. The summed E-state index contributed by atoms with van der Waals surface area (Å²) in [4.78, 5) is 13.1. The van der Waals surface area contributed by atoms with Crippen LogP contribution in [0.3, 0.4) is 0 Å². The molecule has 1 aromatic heterocycles. The Morgan fingerprint density at radius 2 is 1.97 bits per heavy atom. The highest BCUT2D eigenvalue weighted by Gasteiger charge is 2.45. The molecule has 9 heteroatoms. The predicted octanol–water partition coefficient (Wildman–Crippen LogP) is 4.32. The van der Waals surface area contributed by atoms with Crippen molar-refractivity contribution in [3.05, 3.63) is 39.9 Å². The van der Waals surface area contributed by atoms with Crippen LogP contribution in [0.15, 0.2) is 18.2 Å². The molecular formula is C20H17F2N5OS. The highest BCUT2D eigenvalue weighted by molar-refractivity contribution is 7.15. The van der Waals surface area contributed by atoms with Crippen molar-refractivity contribution in [2.75, 3.05) is 5.32 Å². The van der Waals surface area contributed by atoms with E-state index in [1.54, 1.807) is 6.07 Å². The Balaban J connectivity index is 1.63. The van der Waals surface area contributed by atoms with Gasteiger partial charge >= 0.3 is 0 Å². The second-order valence-corrected chi connectivity index (χ2v) is 8.58. The van der Waals surface area contributed by atoms with E-state index in [0.717, 1.165) is 17.8 Å². The molecule has 29 heavy (non-hydrogen) atoms. The molecule has 2 saturated carbocycles. The molecule has 2 fully saturated rings. The Morgan fingerprint density at radius 1 is 1.21 bits per heavy atom. The topological polar surface area (TPSA) is 102 Å². The van der Waals surface area contributed by atoms with Gasteiger partial charge in [-0.25, -0.2) is 8.78 Å². The number of aromatic nitrogens is 2. The Labute approximate surface area is 170 Å². The lowest BCUT2D eigenvalue weighted by atomic mass is 9.83. The van der Waals surface area contributed by atoms with E-state index in [0.29, 0.717) is 16.6 Å². The van der Waals surface area contributed by atoms with Crippen LogP contribution in [0.2, 0.25) is 0 Å². The third-order valence-electron chi connectivity index (χ3n) is 5.44. The molecule has 1 amide bonds. The number of amides is 1. The molecule has 0 unspecified atom stereocenters. The zero-order chi connectivity index (χ0) is 20.6. The Hall–Kier alpha value is -2.91. The average Bonchev–Trinajstić information content (AvgIpc) is 3.35. The molecule has 2 aliphatic rings. The molecule has 0 bridgehead atoms. The summed E-state index contributed by atoms with van der Waals surface area (Å²) >= 11 is 1.30. The second-order valence-electron chi connectivity index (χ2n) is 7.57. The zero-order valence-electron chi connectivity index (χ0n) is 15.4. The molecule has 1 aromatic carbocycles. The van der Waals surface area contributed by atoms with E-state index < -0.39 is 30.1 Å². The highest BCUT2D eigenvalue weighted by atomic mass is 32.1. The summed E-state index contributed by atoms with van der Waals surface area (Å²) in [5, 5.41) is 30.5. The van der Waals surface area contributed by atoms with Gasteiger partial charge in [0, 0.05) is 18.8 Å². The molecule has 0 spiro atoms. The van der Waals surface area contributed by atoms with Crippen molar-refractivity contribution in [1.82, 2.24) is 10.2 Å². The first-order valence-corrected chi connectivity index (χ1v) is 10.2. The minimum Gasteiger partial charge on any atom is -0.300 e. The standard InChI is InChI=1S/C20H17F2N5OS/c21-20(22)6-5-13(8-20)16(12-3-4-14(9-23)15(7-12)10-24)17(28)25-19-27-26-18(29-19)11-1-2-11/h3-4,7,11,13,16H,1-2,5-6,8H2,(H,25,27,28)/t13-,16+/m0/s1. The first kappa shape index (κ1) is 19.4. The average molecular weight is 413 g/mol. The van der Waals surface area contributed by atoms with Gasteiger partial charge in [-0.3, -0.25) is 10.1 Å². The maximum atomic E-state index is 13.9. The molecular weight excluding hydrogens is 396 g/mol. The van der Waals surface area contributed by atoms with E-state index in [1.807, 2.05) is 12.1 Å². The number of hydrogen-bond donors (Lipinski definition) is 1. The highest BCUT2D eigenvalue weighted by Crippen LogP contribution is 2.46. The van der Waals surface area contributed by atoms with Gasteiger partial charge in [0.15, 0.2) is 0 Å². The lowest BCUT2D eigenvalue weighted by Gasteiger charge is -2.23. The summed E-state index contributed by atoms with van der Waals surface area (Å²) < 4.78 is 27.8. The molecule has 148 valence electrons. The predicted molar refractivity (Wildman–Crippen MR) is 101 cm³/mol. The smallest absolute Gasteiger partial charge is 0.248 e. The summed E-state index contributed by atoms with van der Waals surface area (Å²) in [7, 11) is 0. The number of anilines is 1. The largest absolute Gasteiger partial charge is 0.300 e. The van der Waals surface area contributed by atoms with Gasteiger partial charge in [0.25, 0.3) is 0 Å². The number of alkyl halides is 2. The molecule has 0 saturated heterocycles. The third kappa shape index (κ3) is 4.10. The number of nitrogens with one attached hydrogen (secondary N) is 1. The van der Waals surface area contributed by atoms with Gasteiger partial charge in [-0.2, -0.15) is 10.5 Å². The third-order valence-corrected chi connectivity index (χ3v) is 6.44. The van der Waals surface area contributed by atoms with E-state index in [-0.39, 0.29) is 24.0 Å². The molecule has 0 radical (unpaired) electrons. The van der Waals surface area contributed by atoms with E-state index >= 15 is 0 Å². The van der Waals surface area contributed by atoms with Crippen LogP contribution in [0.1, 0.15) is 65.6 Å². The van der Waals surface area contributed by atoms with E-state index in [1.165, 1.54) is 23.5 Å². The van der Waals surface area contributed by atoms with Crippen LogP contribution in [-0.4, -0.2) is 22.0 Å². The Morgan fingerprint density at radius 3 is 2.59 bits per heavy atom. The van der Waals surface area contributed by atoms with Crippen LogP contribution >= 0.6 is 11.3 Å². The minimum atomic E-state index is -2.81. The summed E-state index contributed by atoms with van der Waals surface area (Å²) in [6.07, 6.45) is 1.66. The monoisotopic (exact) mass is 413 g/mol. The fraction of sp³-hybridized carbons (Fsp3) is 0.450. The molecule has 2 aliphatic carbocycles. The normalized spacial score (nSPS) is 21.2. The SMILES string of the molecule is N#Cc1ccc([C@@H](C(=O)Nc2nnc(C3CC3)s2)[C@H]2CCC(F)(F)C2)cc1C#N. The van der Waals surface area contributed by atoms with Gasteiger partial charge in [-0.1, -0.05) is 17.4 Å². The number of nitriles is 2. The van der Waals surface area contributed by atoms with E-state index in [4.69, 9.17) is 5.26 Å². The van der Waals surface area contributed by atoms with Gasteiger partial charge in [-0.15, -0.1) is 10.2 Å². The summed E-state index contributed by atoms with van der Waals surface area (Å²) in [5.74, 6) is -4.29. The summed E-state index contributed by atoms with van der Waals surface area (Å²) in [6.45, 7) is 0. The van der Waals surface area contributed by atoms with Gasteiger partial charge in [0.1, 0.15) is 17.1 Å². The van der Waals surface area contributed by atoms with Gasteiger partial charge in [-0.05, 0) is 42.9 Å². The van der Waals surface area contributed by atoms with Crippen molar-refractivity contribution < 1.29 is 13.6 Å². The van der Waals surface area contributed by atoms with Crippen molar-refractivity contribution >= 4 is 22.4 Å². The molecule has 2 aromatic rings. The second kappa shape index (κ2) is 7.49. The fourth-order valence-corrected chi connectivity index (χ4v) is 4.73. The van der Waals surface area contributed by atoms with Crippen molar-refractivity contribution in [3.8, 4) is 12.1 Å².